The van der Waals surface area contributed by atoms with Gasteiger partial charge < -0.3 is 10.2 Å². The number of carbonyl (C=O) groups excluding carboxylic acids is 1. The number of likely N-dealkylation sites (tertiary alicyclic amines) is 1. The molecule has 2 rings (SSSR count). The second kappa shape index (κ2) is 11.0. The lowest BCUT2D eigenvalue weighted by atomic mass is 10.0. The minimum absolute atomic E-state index is 0.00844. The van der Waals surface area contributed by atoms with E-state index in [0.717, 1.165) is 43.1 Å². The molecule has 0 bridgehead atoms. The van der Waals surface area contributed by atoms with Gasteiger partial charge in [0.1, 0.15) is 0 Å². The van der Waals surface area contributed by atoms with Crippen molar-refractivity contribution in [2.75, 3.05) is 43.3 Å². The fraction of sp³-hybridized carbons (Fsp3) is 0.682. The number of hydrogen-bond donors (Lipinski definition) is 1. The highest BCUT2D eigenvalue weighted by molar-refractivity contribution is 7.92. The minimum Gasteiger partial charge on any atom is -0.356 e. The number of piperidine rings is 1. The highest BCUT2D eigenvalue weighted by Gasteiger charge is 2.18. The van der Waals surface area contributed by atoms with Crippen LogP contribution in [0.25, 0.3) is 0 Å². The Kier molecular flexibility index (Phi) is 8.96. The smallest absolute Gasteiger partial charge is 0.232 e. The summed E-state index contributed by atoms with van der Waals surface area (Å²) < 4.78 is 25.9. The Hall–Kier alpha value is -1.60. The number of hydrogen-bond acceptors (Lipinski definition) is 4. The number of carbonyl (C=O) groups is 1. The van der Waals surface area contributed by atoms with Gasteiger partial charge in [0, 0.05) is 26.1 Å². The summed E-state index contributed by atoms with van der Waals surface area (Å²) in [5.74, 6) is 0.763. The van der Waals surface area contributed by atoms with Crippen molar-refractivity contribution >= 4 is 21.6 Å². The van der Waals surface area contributed by atoms with Crippen LogP contribution in [0.5, 0.6) is 0 Å². The third kappa shape index (κ3) is 8.34. The van der Waals surface area contributed by atoms with Gasteiger partial charge in [0.2, 0.25) is 15.9 Å². The monoisotopic (exact) mass is 423 g/mol. The quantitative estimate of drug-likeness (QED) is 0.587. The molecule has 1 atom stereocenters. The van der Waals surface area contributed by atoms with Crippen molar-refractivity contribution in [2.45, 2.75) is 52.9 Å². The van der Waals surface area contributed by atoms with Crippen molar-refractivity contribution < 1.29 is 13.2 Å². The van der Waals surface area contributed by atoms with Gasteiger partial charge in [-0.2, -0.15) is 0 Å². The molecule has 0 saturated carbocycles. The minimum atomic E-state index is -3.39. The van der Waals surface area contributed by atoms with Gasteiger partial charge in [0.05, 0.1) is 11.9 Å². The van der Waals surface area contributed by atoms with Gasteiger partial charge in [0.25, 0.3) is 0 Å². The average molecular weight is 424 g/mol. The molecule has 0 unspecified atom stereocenters. The molecule has 0 aromatic heterocycles. The Balaban J connectivity index is 1.74. The third-order valence-electron chi connectivity index (χ3n) is 5.37. The summed E-state index contributed by atoms with van der Waals surface area (Å²) in [5.41, 5.74) is 2.71. The topological polar surface area (TPSA) is 69.7 Å². The van der Waals surface area contributed by atoms with Crippen LogP contribution >= 0.6 is 0 Å². The molecule has 1 N–H and O–H groups in total. The first-order valence-corrected chi connectivity index (χ1v) is 12.5. The zero-order valence-corrected chi connectivity index (χ0v) is 19.2. The van der Waals surface area contributed by atoms with Crippen LogP contribution in [-0.2, 0) is 14.8 Å². The molecular formula is C22H37N3O3S. The van der Waals surface area contributed by atoms with Gasteiger partial charge in [-0.05, 0) is 81.8 Å². The number of sulfonamides is 1. The maximum atomic E-state index is 12.2. The Bertz CT molecular complexity index is 759. The summed E-state index contributed by atoms with van der Waals surface area (Å²) >= 11 is 0. The summed E-state index contributed by atoms with van der Waals surface area (Å²) in [6.07, 6.45) is 5.58. The number of rotatable bonds is 10. The maximum Gasteiger partial charge on any atom is 0.232 e. The highest BCUT2D eigenvalue weighted by Crippen LogP contribution is 2.22. The Morgan fingerprint density at radius 1 is 1.21 bits per heavy atom. The summed E-state index contributed by atoms with van der Waals surface area (Å²) in [4.78, 5) is 14.6. The molecule has 1 amide bonds. The first kappa shape index (κ1) is 23.7. The molecule has 0 aliphatic carbocycles. The van der Waals surface area contributed by atoms with E-state index in [-0.39, 0.29) is 5.91 Å². The Morgan fingerprint density at radius 3 is 2.52 bits per heavy atom. The van der Waals surface area contributed by atoms with Gasteiger partial charge in [-0.1, -0.05) is 13.0 Å². The largest absolute Gasteiger partial charge is 0.356 e. The fourth-order valence-corrected chi connectivity index (χ4v) is 5.02. The Morgan fingerprint density at radius 2 is 1.90 bits per heavy atom. The summed E-state index contributed by atoms with van der Waals surface area (Å²) in [5, 5.41) is 2.97. The molecule has 1 aliphatic heterocycles. The van der Waals surface area contributed by atoms with Crippen molar-refractivity contribution in [3.63, 3.8) is 0 Å². The van der Waals surface area contributed by atoms with E-state index in [4.69, 9.17) is 0 Å². The summed E-state index contributed by atoms with van der Waals surface area (Å²) in [7, 11) is -3.39. The van der Waals surface area contributed by atoms with Crippen LogP contribution in [-0.4, -0.2) is 58.2 Å². The van der Waals surface area contributed by atoms with Crippen LogP contribution in [0.4, 0.5) is 5.69 Å². The van der Waals surface area contributed by atoms with Crippen LogP contribution in [0, 0.1) is 19.8 Å². The fourth-order valence-electron chi connectivity index (χ4n) is 4.07. The molecule has 29 heavy (non-hydrogen) atoms. The van der Waals surface area contributed by atoms with Gasteiger partial charge in [-0.25, -0.2) is 8.42 Å². The van der Waals surface area contributed by atoms with Crippen LogP contribution in [0.3, 0.4) is 0 Å². The van der Waals surface area contributed by atoms with Crippen molar-refractivity contribution in [1.29, 1.82) is 0 Å². The van der Waals surface area contributed by atoms with Gasteiger partial charge >= 0.3 is 0 Å². The number of nitrogens with one attached hydrogen (secondary N) is 1. The van der Waals surface area contributed by atoms with E-state index < -0.39 is 10.0 Å². The SMILES string of the molecule is Cc1cc(C)cc(N(CCCC(=O)NCCCN2CCC[C@H](C)C2)S(C)(=O)=O)c1. The number of benzene rings is 1. The zero-order chi connectivity index (χ0) is 21.4. The number of aryl methyl sites for hydroxylation is 2. The van der Waals surface area contributed by atoms with Crippen molar-refractivity contribution in [3.05, 3.63) is 29.3 Å². The van der Waals surface area contributed by atoms with E-state index in [1.165, 1.54) is 23.4 Å². The van der Waals surface area contributed by atoms with E-state index in [1.807, 2.05) is 32.0 Å². The maximum absolute atomic E-state index is 12.2. The zero-order valence-electron chi connectivity index (χ0n) is 18.4. The van der Waals surface area contributed by atoms with Crippen molar-refractivity contribution in [2.24, 2.45) is 5.92 Å². The molecular weight excluding hydrogens is 386 g/mol. The number of nitrogens with zero attached hydrogens (tertiary/aromatic N) is 2. The normalized spacial score (nSPS) is 17.9. The lowest BCUT2D eigenvalue weighted by molar-refractivity contribution is -0.121. The average Bonchev–Trinajstić information content (AvgIpc) is 2.60. The van der Waals surface area contributed by atoms with Crippen molar-refractivity contribution in [3.8, 4) is 0 Å². The van der Waals surface area contributed by atoms with Crippen LogP contribution in [0.2, 0.25) is 0 Å². The van der Waals surface area contributed by atoms with Gasteiger partial charge in [-0.15, -0.1) is 0 Å². The molecule has 0 radical (unpaired) electrons. The molecule has 1 aromatic carbocycles. The van der Waals surface area contributed by atoms with Crippen LogP contribution in [0.1, 0.15) is 50.2 Å². The van der Waals surface area contributed by atoms with E-state index in [2.05, 4.69) is 17.1 Å². The highest BCUT2D eigenvalue weighted by atomic mass is 32.2. The van der Waals surface area contributed by atoms with Crippen LogP contribution in [0.15, 0.2) is 18.2 Å². The molecule has 7 heteroatoms. The summed E-state index contributed by atoms with van der Waals surface area (Å²) in [6.45, 7) is 10.5. The summed E-state index contributed by atoms with van der Waals surface area (Å²) in [6, 6.07) is 5.76. The molecule has 0 spiro atoms. The first-order chi connectivity index (χ1) is 13.6. The first-order valence-electron chi connectivity index (χ1n) is 10.7. The van der Waals surface area contributed by atoms with E-state index in [0.29, 0.717) is 31.6 Å². The second-order valence-electron chi connectivity index (χ2n) is 8.54. The molecule has 1 aliphatic rings. The Labute approximate surface area is 176 Å². The molecule has 1 saturated heterocycles. The molecule has 164 valence electrons. The van der Waals surface area contributed by atoms with Crippen LogP contribution < -0.4 is 9.62 Å². The predicted molar refractivity (Wildman–Crippen MR) is 120 cm³/mol. The number of amides is 1. The van der Waals surface area contributed by atoms with Gasteiger partial charge in [-0.3, -0.25) is 9.10 Å². The van der Waals surface area contributed by atoms with Crippen molar-refractivity contribution in [1.82, 2.24) is 10.2 Å². The molecule has 6 nitrogen and oxygen atoms in total. The van der Waals surface area contributed by atoms with E-state index in [9.17, 15) is 13.2 Å². The molecule has 1 aromatic rings. The standard InChI is InChI=1S/C22H37N3O3S/c1-18-8-5-11-24(17-18)12-7-10-23-22(26)9-6-13-25(29(4,27)28)21-15-19(2)14-20(3)16-21/h14-16,18H,5-13,17H2,1-4H3,(H,23,26)/t18-/m0/s1. The molecule has 1 heterocycles. The predicted octanol–water partition coefficient (Wildman–Crippen LogP) is 3.09. The van der Waals surface area contributed by atoms with E-state index in [1.54, 1.807) is 0 Å². The second-order valence-corrected chi connectivity index (χ2v) is 10.4. The lowest BCUT2D eigenvalue weighted by Crippen LogP contribution is -2.36. The lowest BCUT2D eigenvalue weighted by Gasteiger charge is -2.30. The third-order valence-corrected chi connectivity index (χ3v) is 6.57. The molecule has 1 fully saturated rings. The van der Waals surface area contributed by atoms with Gasteiger partial charge in [0.15, 0.2) is 0 Å². The van der Waals surface area contributed by atoms with E-state index >= 15 is 0 Å². The number of anilines is 1.